The summed E-state index contributed by atoms with van der Waals surface area (Å²) in [4.78, 5) is 10.5. The minimum atomic E-state index is -0.808. The minimum absolute atomic E-state index is 0.0104. The molecule has 0 spiro atoms. The van der Waals surface area contributed by atoms with Gasteiger partial charge in [-0.3, -0.25) is 0 Å². The molecule has 0 radical (unpaired) electrons. The van der Waals surface area contributed by atoms with Crippen LogP contribution >= 0.6 is 0 Å². The number of nitrogens with one attached hydrogen (secondary N) is 1. The molecule has 0 aromatic heterocycles. The zero-order valence-corrected chi connectivity index (χ0v) is 10.7. The number of hydrogen-bond donors (Lipinski definition) is 2. The molecule has 0 bridgehead atoms. The summed E-state index contributed by atoms with van der Waals surface area (Å²) in [6.07, 6.45) is 1.30. The molecule has 0 aliphatic rings. The van der Waals surface area contributed by atoms with Crippen molar-refractivity contribution >= 4 is 12.2 Å². The van der Waals surface area contributed by atoms with E-state index in [4.69, 9.17) is 10.5 Å². The molecular weight excluding hydrogens is 280 g/mol. The number of carbonyl (C=O) groups excluding carboxylic acids is 1. The van der Waals surface area contributed by atoms with E-state index in [-0.39, 0.29) is 5.75 Å². The second kappa shape index (κ2) is 6.47. The minimum Gasteiger partial charge on any atom is -0.456 e. The molecule has 2 aromatic rings. The van der Waals surface area contributed by atoms with Crippen LogP contribution in [0.5, 0.6) is 11.5 Å². The largest absolute Gasteiger partial charge is 0.456 e. The van der Waals surface area contributed by atoms with Crippen LogP contribution in [0.2, 0.25) is 0 Å². The first kappa shape index (κ1) is 14.4. The van der Waals surface area contributed by atoms with Crippen LogP contribution in [0, 0.1) is 11.6 Å². The average molecular weight is 291 g/mol. The fourth-order valence-corrected chi connectivity index (χ4v) is 1.56. The molecule has 0 heterocycles. The number of hydrogen-bond acceptors (Lipinski definition) is 3. The number of rotatable bonds is 4. The van der Waals surface area contributed by atoms with E-state index in [1.807, 2.05) is 5.43 Å². The normalized spacial score (nSPS) is 10.6. The number of nitrogens with zero attached hydrogens (tertiary/aromatic N) is 1. The zero-order chi connectivity index (χ0) is 15.2. The molecule has 2 aromatic carbocycles. The fourth-order valence-electron chi connectivity index (χ4n) is 1.56. The summed E-state index contributed by atoms with van der Waals surface area (Å²) in [5.41, 5.74) is 7.41. The van der Waals surface area contributed by atoms with Gasteiger partial charge in [-0.1, -0.05) is 12.1 Å². The van der Waals surface area contributed by atoms with Crippen molar-refractivity contribution in [1.29, 1.82) is 0 Å². The first-order valence-electron chi connectivity index (χ1n) is 5.86. The van der Waals surface area contributed by atoms with E-state index in [1.165, 1.54) is 6.21 Å². The summed E-state index contributed by atoms with van der Waals surface area (Å²) in [6, 6.07) is 8.69. The summed E-state index contributed by atoms with van der Waals surface area (Å²) >= 11 is 0. The number of amides is 2. The Balaban J connectivity index is 2.23. The molecule has 5 nitrogen and oxygen atoms in total. The van der Waals surface area contributed by atoms with Crippen molar-refractivity contribution in [2.45, 2.75) is 0 Å². The van der Waals surface area contributed by atoms with Gasteiger partial charge in [0.15, 0.2) is 0 Å². The predicted octanol–water partition coefficient (Wildman–Crippen LogP) is 2.76. The van der Waals surface area contributed by atoms with Crippen LogP contribution in [0.25, 0.3) is 0 Å². The number of ether oxygens (including phenoxy) is 1. The van der Waals surface area contributed by atoms with Crippen LogP contribution < -0.4 is 15.9 Å². The van der Waals surface area contributed by atoms with Crippen molar-refractivity contribution in [3.8, 4) is 11.5 Å². The van der Waals surface area contributed by atoms with Crippen molar-refractivity contribution in [3.05, 3.63) is 59.7 Å². The van der Waals surface area contributed by atoms with Gasteiger partial charge in [0, 0.05) is 23.8 Å². The Labute approximate surface area is 119 Å². The quantitative estimate of drug-likeness (QED) is 0.671. The van der Waals surface area contributed by atoms with Gasteiger partial charge in [-0.25, -0.2) is 19.0 Å². The summed E-state index contributed by atoms with van der Waals surface area (Å²) < 4.78 is 31.6. The number of halogens is 2. The van der Waals surface area contributed by atoms with Gasteiger partial charge in [0.25, 0.3) is 0 Å². The van der Waals surface area contributed by atoms with Gasteiger partial charge in [0.2, 0.25) is 0 Å². The van der Waals surface area contributed by atoms with E-state index < -0.39 is 17.7 Å². The standard InChI is InChI=1S/C14H11F2N3O2/c15-10-5-11(16)7-12(6-10)21-13-4-2-1-3-9(13)8-18-19-14(17)20/h1-8H,(H3,17,19,20). The Kier molecular flexibility index (Phi) is 4.45. The Hall–Kier alpha value is -2.96. The molecule has 3 N–H and O–H groups in total. The summed E-state index contributed by atoms with van der Waals surface area (Å²) in [5.74, 6) is -1.16. The molecule has 2 rings (SSSR count). The van der Waals surface area contributed by atoms with E-state index in [9.17, 15) is 13.6 Å². The fraction of sp³-hybridized carbons (Fsp3) is 0. The Morgan fingerprint density at radius 1 is 1.19 bits per heavy atom. The summed E-state index contributed by atoms with van der Waals surface area (Å²) in [6.45, 7) is 0. The predicted molar refractivity (Wildman–Crippen MR) is 73.2 cm³/mol. The number of hydrazone groups is 1. The lowest BCUT2D eigenvalue weighted by Crippen LogP contribution is -2.24. The molecule has 0 saturated carbocycles. The number of para-hydroxylation sites is 1. The van der Waals surface area contributed by atoms with Crippen LogP contribution in [0.3, 0.4) is 0 Å². The molecule has 21 heavy (non-hydrogen) atoms. The van der Waals surface area contributed by atoms with Gasteiger partial charge in [-0.05, 0) is 12.1 Å². The Morgan fingerprint density at radius 3 is 2.52 bits per heavy atom. The monoisotopic (exact) mass is 291 g/mol. The van der Waals surface area contributed by atoms with E-state index >= 15 is 0 Å². The third-order valence-electron chi connectivity index (χ3n) is 2.36. The van der Waals surface area contributed by atoms with Crippen LogP contribution in [0.4, 0.5) is 13.6 Å². The molecule has 0 atom stereocenters. The highest BCUT2D eigenvalue weighted by Gasteiger charge is 2.06. The number of primary amides is 1. The van der Waals surface area contributed by atoms with Crippen molar-refractivity contribution in [2.75, 3.05) is 0 Å². The Morgan fingerprint density at radius 2 is 1.86 bits per heavy atom. The van der Waals surface area contributed by atoms with Gasteiger partial charge in [0.1, 0.15) is 23.1 Å². The molecule has 0 aliphatic carbocycles. The van der Waals surface area contributed by atoms with Gasteiger partial charge >= 0.3 is 6.03 Å². The third-order valence-corrected chi connectivity index (χ3v) is 2.36. The van der Waals surface area contributed by atoms with Crippen molar-refractivity contribution < 1.29 is 18.3 Å². The van der Waals surface area contributed by atoms with Crippen molar-refractivity contribution in [1.82, 2.24) is 5.43 Å². The van der Waals surface area contributed by atoms with Gasteiger partial charge in [-0.15, -0.1) is 0 Å². The lowest BCUT2D eigenvalue weighted by atomic mass is 10.2. The summed E-state index contributed by atoms with van der Waals surface area (Å²) in [7, 11) is 0. The number of urea groups is 1. The topological polar surface area (TPSA) is 76.7 Å². The van der Waals surface area contributed by atoms with Gasteiger partial charge in [0.05, 0.1) is 6.21 Å². The van der Waals surface area contributed by atoms with E-state index in [0.29, 0.717) is 11.3 Å². The molecule has 0 unspecified atom stereocenters. The highest BCUT2D eigenvalue weighted by atomic mass is 19.1. The number of nitrogens with two attached hydrogens (primary N) is 1. The second-order valence-electron chi connectivity index (χ2n) is 3.98. The van der Waals surface area contributed by atoms with Gasteiger partial charge in [-0.2, -0.15) is 5.10 Å². The van der Waals surface area contributed by atoms with E-state index in [2.05, 4.69) is 5.10 Å². The number of benzene rings is 2. The van der Waals surface area contributed by atoms with Crippen LogP contribution in [-0.4, -0.2) is 12.2 Å². The van der Waals surface area contributed by atoms with Crippen molar-refractivity contribution in [2.24, 2.45) is 10.8 Å². The zero-order valence-electron chi connectivity index (χ0n) is 10.7. The molecule has 0 fully saturated rings. The average Bonchev–Trinajstić information content (AvgIpc) is 2.39. The maximum Gasteiger partial charge on any atom is 0.332 e. The lowest BCUT2D eigenvalue weighted by molar-refractivity contribution is 0.249. The Bertz CT molecular complexity index is 669. The highest BCUT2D eigenvalue weighted by Crippen LogP contribution is 2.25. The first-order chi connectivity index (χ1) is 10.0. The van der Waals surface area contributed by atoms with E-state index in [1.54, 1.807) is 24.3 Å². The van der Waals surface area contributed by atoms with Crippen LogP contribution in [0.1, 0.15) is 5.56 Å². The summed E-state index contributed by atoms with van der Waals surface area (Å²) in [5, 5.41) is 3.60. The molecule has 2 amide bonds. The van der Waals surface area contributed by atoms with Crippen LogP contribution in [-0.2, 0) is 0 Å². The highest BCUT2D eigenvalue weighted by molar-refractivity contribution is 5.84. The lowest BCUT2D eigenvalue weighted by Gasteiger charge is -2.08. The molecule has 0 saturated heterocycles. The van der Waals surface area contributed by atoms with Crippen LogP contribution in [0.15, 0.2) is 47.6 Å². The number of carbonyl (C=O) groups is 1. The SMILES string of the molecule is NC(=O)NN=Cc1ccccc1Oc1cc(F)cc(F)c1. The molecule has 0 aliphatic heterocycles. The smallest absolute Gasteiger partial charge is 0.332 e. The maximum atomic E-state index is 13.1. The molecule has 108 valence electrons. The molecule has 7 heteroatoms. The van der Waals surface area contributed by atoms with Gasteiger partial charge < -0.3 is 10.5 Å². The third kappa shape index (κ3) is 4.27. The molecular formula is C14H11F2N3O2. The second-order valence-corrected chi connectivity index (χ2v) is 3.98. The van der Waals surface area contributed by atoms with E-state index in [0.717, 1.165) is 18.2 Å². The maximum absolute atomic E-state index is 13.1. The first-order valence-corrected chi connectivity index (χ1v) is 5.86. The van der Waals surface area contributed by atoms with Crippen molar-refractivity contribution in [3.63, 3.8) is 0 Å².